The van der Waals surface area contributed by atoms with Crippen molar-refractivity contribution in [2.75, 3.05) is 0 Å². The molecule has 4 aromatic heterocycles. The van der Waals surface area contributed by atoms with E-state index < -0.39 is 0 Å². The van der Waals surface area contributed by atoms with Crippen LogP contribution in [0.15, 0.2) is 292 Å². The standard InChI is InChI=1S/C83H52N2S2/c1-3-59(80-71-38-19-36-61(83(71)87-81(80)50(2)51-20-5-4-6-21-51)55-25-17-27-58(44-55)78-46-73-64-30-9-7-28-62(64)63-29-8-11-32-66(63)75(73)48-85-78)56-40-41-68-72(45-56)65-31-10-12-33-67(65)76-49-84-77(47-74(68)76)57-26-16-23-53(43-57)52-22-15-24-54(42-52)60-35-18-37-70-69-34-13-14-39-79(69)86-82(60)70/h3-49H,2H2,1H3/b59-3-. The molecule has 0 bridgehead atoms. The van der Waals surface area contributed by atoms with Crippen LogP contribution in [0.4, 0.5) is 0 Å². The third-order valence-corrected chi connectivity index (χ3v) is 20.4. The fourth-order valence-corrected chi connectivity index (χ4v) is 16.3. The van der Waals surface area contributed by atoms with E-state index in [0.29, 0.717) is 0 Å². The molecule has 0 fully saturated rings. The van der Waals surface area contributed by atoms with Gasteiger partial charge < -0.3 is 0 Å². The number of fused-ring (bicyclic) bond motifs is 16. The Hall–Kier alpha value is -10.6. The van der Waals surface area contributed by atoms with Crippen LogP contribution in [0.3, 0.4) is 0 Å². The molecule has 17 rings (SSSR count). The summed E-state index contributed by atoms with van der Waals surface area (Å²) >= 11 is 3.71. The lowest BCUT2D eigenvalue weighted by Gasteiger charge is -2.16. The Balaban J connectivity index is 0.770. The Bertz CT molecular complexity index is 5710. The zero-order valence-electron chi connectivity index (χ0n) is 47.6. The smallest absolute Gasteiger partial charge is 0.0708 e. The van der Waals surface area contributed by atoms with Gasteiger partial charge >= 0.3 is 0 Å². The number of thiophene rings is 2. The predicted octanol–water partition coefficient (Wildman–Crippen LogP) is 23.8. The summed E-state index contributed by atoms with van der Waals surface area (Å²) in [6.07, 6.45) is 6.46. The van der Waals surface area contributed by atoms with Crippen molar-refractivity contribution < 1.29 is 0 Å². The first-order chi connectivity index (χ1) is 43.0. The van der Waals surface area contributed by atoms with Crippen LogP contribution < -0.4 is 0 Å². The van der Waals surface area contributed by atoms with Crippen molar-refractivity contribution >= 4 is 129 Å². The normalized spacial score (nSPS) is 12.1. The largest absolute Gasteiger partial charge is 0.256 e. The first-order valence-electron chi connectivity index (χ1n) is 29.6. The van der Waals surface area contributed by atoms with Crippen molar-refractivity contribution in [2.45, 2.75) is 6.92 Å². The molecule has 4 heteroatoms. The van der Waals surface area contributed by atoms with Gasteiger partial charge in [0.15, 0.2) is 0 Å². The Morgan fingerprint density at radius 3 is 1.33 bits per heavy atom. The first-order valence-corrected chi connectivity index (χ1v) is 31.3. The molecular weight excluding hydrogens is 1090 g/mol. The van der Waals surface area contributed by atoms with E-state index in [2.05, 4.69) is 292 Å². The average molecular weight is 1140 g/mol. The molecule has 2 nitrogen and oxygen atoms in total. The molecule has 406 valence electrons. The highest BCUT2D eigenvalue weighted by molar-refractivity contribution is 7.26. The number of hydrogen-bond acceptors (Lipinski definition) is 4. The van der Waals surface area contributed by atoms with Crippen LogP contribution in [-0.2, 0) is 0 Å². The molecule has 0 aliphatic heterocycles. The third-order valence-electron chi connectivity index (χ3n) is 17.9. The van der Waals surface area contributed by atoms with Gasteiger partial charge in [0.25, 0.3) is 0 Å². The lowest BCUT2D eigenvalue weighted by Crippen LogP contribution is -1.94. The summed E-state index contributed by atoms with van der Waals surface area (Å²) in [6.45, 7) is 7.05. The fourth-order valence-electron chi connectivity index (χ4n) is 13.7. The number of nitrogens with zero attached hydrogens (tertiary/aromatic N) is 2. The van der Waals surface area contributed by atoms with Crippen LogP contribution in [0, 0.1) is 0 Å². The first kappa shape index (κ1) is 50.9. The van der Waals surface area contributed by atoms with Gasteiger partial charge in [0.2, 0.25) is 0 Å². The second-order valence-electron chi connectivity index (χ2n) is 22.7. The molecular formula is C83H52N2S2. The Labute approximate surface area is 511 Å². The Morgan fingerprint density at radius 1 is 0.322 bits per heavy atom. The van der Waals surface area contributed by atoms with Crippen molar-refractivity contribution in [3.05, 3.63) is 314 Å². The van der Waals surface area contributed by atoms with Gasteiger partial charge in [-0.3, -0.25) is 9.97 Å². The van der Waals surface area contributed by atoms with Gasteiger partial charge in [-0.25, -0.2) is 0 Å². The molecule has 0 saturated heterocycles. The molecule has 13 aromatic carbocycles. The average Bonchev–Trinajstić information content (AvgIpc) is 2.03. The van der Waals surface area contributed by atoms with Crippen LogP contribution in [0.5, 0.6) is 0 Å². The van der Waals surface area contributed by atoms with E-state index in [1.165, 1.54) is 123 Å². The van der Waals surface area contributed by atoms with Gasteiger partial charge in [-0.05, 0) is 159 Å². The van der Waals surface area contributed by atoms with Crippen LogP contribution in [0.25, 0.3) is 162 Å². The molecule has 0 unspecified atom stereocenters. The van der Waals surface area contributed by atoms with Gasteiger partial charge in [0.05, 0.1) is 11.4 Å². The quantitative estimate of drug-likeness (QED) is 0.135. The van der Waals surface area contributed by atoms with Crippen molar-refractivity contribution in [1.29, 1.82) is 0 Å². The molecule has 0 N–H and O–H groups in total. The van der Waals surface area contributed by atoms with E-state index in [1.807, 2.05) is 22.7 Å². The highest BCUT2D eigenvalue weighted by atomic mass is 32.1. The van der Waals surface area contributed by atoms with Gasteiger partial charge in [-0.2, -0.15) is 0 Å². The van der Waals surface area contributed by atoms with Gasteiger partial charge in [-0.1, -0.05) is 237 Å². The lowest BCUT2D eigenvalue weighted by atomic mass is 9.88. The number of aromatic nitrogens is 2. The molecule has 0 aliphatic rings. The fraction of sp³-hybridized carbons (Fsp3) is 0.0120. The molecule has 0 saturated carbocycles. The summed E-state index contributed by atoms with van der Waals surface area (Å²) in [5.74, 6) is 0. The summed E-state index contributed by atoms with van der Waals surface area (Å²) in [4.78, 5) is 11.5. The number of pyridine rings is 2. The monoisotopic (exact) mass is 1140 g/mol. The Kier molecular flexibility index (Phi) is 12.0. The molecule has 0 amide bonds. The minimum absolute atomic E-state index is 0.941. The maximum absolute atomic E-state index is 5.22. The summed E-state index contributed by atoms with van der Waals surface area (Å²) in [5.41, 5.74) is 16.8. The maximum atomic E-state index is 5.22. The summed E-state index contributed by atoms with van der Waals surface area (Å²) in [6, 6.07) is 97.6. The summed E-state index contributed by atoms with van der Waals surface area (Å²) in [5, 5.41) is 18.3. The van der Waals surface area contributed by atoms with E-state index in [9.17, 15) is 0 Å². The zero-order chi connectivity index (χ0) is 57.7. The van der Waals surface area contributed by atoms with Crippen LogP contribution >= 0.6 is 22.7 Å². The Morgan fingerprint density at radius 2 is 0.747 bits per heavy atom. The van der Waals surface area contributed by atoms with Crippen molar-refractivity contribution in [3.8, 4) is 55.9 Å². The topological polar surface area (TPSA) is 25.8 Å². The molecule has 0 atom stereocenters. The van der Waals surface area contributed by atoms with Gasteiger partial charge in [0, 0.05) is 75.0 Å². The van der Waals surface area contributed by atoms with E-state index in [1.54, 1.807) is 0 Å². The third kappa shape index (κ3) is 8.36. The van der Waals surface area contributed by atoms with E-state index >= 15 is 0 Å². The molecule has 87 heavy (non-hydrogen) atoms. The van der Waals surface area contributed by atoms with Crippen LogP contribution in [0.1, 0.15) is 28.5 Å². The molecule has 0 aliphatic carbocycles. The molecule has 0 radical (unpaired) electrons. The second-order valence-corrected chi connectivity index (χ2v) is 24.8. The number of benzene rings is 13. The SMILES string of the molecule is C=C(c1ccccc1)c1sc2c(-c3cccc(-c4cc5c6ccccc6c6ccccc6c5cn4)c3)cccc2c1/C(=C\C)c1ccc2c(c1)c1ccccc1c1cnc(-c3cccc(-c4cccc(-c5cccc6c5sc5ccccc56)c4)c3)cc21. The van der Waals surface area contributed by atoms with Gasteiger partial charge in [-0.15, -0.1) is 22.7 Å². The van der Waals surface area contributed by atoms with Gasteiger partial charge in [0.1, 0.15) is 0 Å². The molecule has 4 heterocycles. The lowest BCUT2D eigenvalue weighted by molar-refractivity contribution is 1.36. The van der Waals surface area contributed by atoms with E-state index in [0.717, 1.165) is 60.6 Å². The van der Waals surface area contributed by atoms with E-state index in [4.69, 9.17) is 16.5 Å². The van der Waals surface area contributed by atoms with Crippen molar-refractivity contribution in [2.24, 2.45) is 0 Å². The van der Waals surface area contributed by atoms with Crippen LogP contribution in [0.2, 0.25) is 0 Å². The minimum Gasteiger partial charge on any atom is -0.256 e. The summed E-state index contributed by atoms with van der Waals surface area (Å²) in [7, 11) is 0. The minimum atomic E-state index is 0.941. The molecule has 0 spiro atoms. The van der Waals surface area contributed by atoms with E-state index in [-0.39, 0.29) is 0 Å². The zero-order valence-corrected chi connectivity index (χ0v) is 49.2. The number of hydrogen-bond donors (Lipinski definition) is 0. The second kappa shape index (κ2) is 20.6. The highest BCUT2D eigenvalue weighted by Gasteiger charge is 2.24. The highest BCUT2D eigenvalue weighted by Crippen LogP contribution is 2.49. The molecule has 17 aromatic rings. The van der Waals surface area contributed by atoms with Crippen molar-refractivity contribution in [1.82, 2.24) is 9.97 Å². The van der Waals surface area contributed by atoms with Crippen LogP contribution in [-0.4, -0.2) is 9.97 Å². The number of allylic oxidation sites excluding steroid dienone is 1. The van der Waals surface area contributed by atoms with Crippen molar-refractivity contribution in [3.63, 3.8) is 0 Å². The number of rotatable bonds is 9. The predicted molar refractivity (Wildman–Crippen MR) is 376 cm³/mol. The summed E-state index contributed by atoms with van der Waals surface area (Å²) < 4.78 is 3.86. The maximum Gasteiger partial charge on any atom is 0.0708 e.